The van der Waals surface area contributed by atoms with Gasteiger partial charge in [0.25, 0.3) is 0 Å². The van der Waals surface area contributed by atoms with E-state index in [-0.39, 0.29) is 24.4 Å². The van der Waals surface area contributed by atoms with E-state index in [1.807, 2.05) is 0 Å². The van der Waals surface area contributed by atoms with Crippen LogP contribution < -0.4 is 5.73 Å². The lowest BCUT2D eigenvalue weighted by Crippen LogP contribution is -2.25. The largest absolute Gasteiger partial charge is 0.462 e. The van der Waals surface area contributed by atoms with Crippen molar-refractivity contribution in [2.45, 2.75) is 148 Å². The molecule has 0 heterocycles. The Balaban J connectivity index is 3.77. The Hall–Kier alpha value is -1.06. The summed E-state index contributed by atoms with van der Waals surface area (Å²) in [6.07, 6.45) is 22.0. The number of carbonyl (C=O) groups excluding carboxylic acids is 2. The summed E-state index contributed by atoms with van der Waals surface area (Å²) in [5, 5.41) is 0. The van der Waals surface area contributed by atoms with Crippen molar-refractivity contribution in [3.8, 4) is 0 Å². The minimum atomic E-state index is -0.384. The highest BCUT2D eigenvalue weighted by Gasteiger charge is 2.16. The van der Waals surface area contributed by atoms with Crippen LogP contribution in [0.2, 0.25) is 0 Å². The van der Waals surface area contributed by atoms with E-state index >= 15 is 0 Å². The first kappa shape index (κ1) is 27.9. The maximum absolute atomic E-state index is 12.1. The van der Waals surface area contributed by atoms with Crippen LogP contribution in [0.25, 0.3) is 0 Å². The van der Waals surface area contributed by atoms with Crippen LogP contribution in [0.3, 0.4) is 0 Å². The van der Waals surface area contributed by atoms with Gasteiger partial charge in [-0.05, 0) is 19.3 Å². The molecule has 4 nitrogen and oxygen atoms in total. The van der Waals surface area contributed by atoms with Crippen LogP contribution >= 0.6 is 0 Å². The molecule has 1 atom stereocenters. The Bertz CT molecular complexity index is 384. The lowest BCUT2D eigenvalue weighted by molar-refractivity contribution is -0.150. The fourth-order valence-electron chi connectivity index (χ4n) is 3.76. The molecule has 2 N–H and O–H groups in total. The van der Waals surface area contributed by atoms with E-state index in [0.29, 0.717) is 6.42 Å². The third kappa shape index (κ3) is 21.5. The second-order valence-electron chi connectivity index (χ2n) is 8.62. The highest BCUT2D eigenvalue weighted by Crippen LogP contribution is 2.16. The van der Waals surface area contributed by atoms with E-state index in [4.69, 9.17) is 10.5 Å². The van der Waals surface area contributed by atoms with Gasteiger partial charge >= 0.3 is 5.97 Å². The number of hydrogen-bond donors (Lipinski definition) is 1. The van der Waals surface area contributed by atoms with E-state index < -0.39 is 0 Å². The highest BCUT2D eigenvalue weighted by atomic mass is 16.5. The summed E-state index contributed by atoms with van der Waals surface area (Å²) < 4.78 is 5.55. The van der Waals surface area contributed by atoms with Crippen molar-refractivity contribution >= 4 is 11.9 Å². The average Bonchev–Trinajstić information content (AvgIpc) is 2.68. The number of hydrogen-bond acceptors (Lipinski definition) is 3. The Morgan fingerprint density at radius 1 is 0.655 bits per heavy atom. The van der Waals surface area contributed by atoms with Gasteiger partial charge in [-0.1, -0.05) is 110 Å². The summed E-state index contributed by atoms with van der Waals surface area (Å²) in [7, 11) is 0. The lowest BCUT2D eigenvalue weighted by atomic mass is 10.0. The molecule has 0 aromatic rings. The quantitative estimate of drug-likeness (QED) is 0.151. The molecule has 0 rings (SSSR count). The van der Waals surface area contributed by atoms with Gasteiger partial charge in [0.15, 0.2) is 0 Å². The zero-order valence-corrected chi connectivity index (χ0v) is 19.5. The highest BCUT2D eigenvalue weighted by molar-refractivity contribution is 5.75. The first-order valence-corrected chi connectivity index (χ1v) is 12.6. The Labute approximate surface area is 180 Å². The third-order valence-electron chi connectivity index (χ3n) is 5.59. The van der Waals surface area contributed by atoms with Crippen LogP contribution in [0.15, 0.2) is 0 Å². The summed E-state index contributed by atoms with van der Waals surface area (Å²) in [6, 6.07) is 0. The van der Waals surface area contributed by atoms with Crippen LogP contribution in [0.5, 0.6) is 0 Å². The number of unbranched alkanes of at least 4 members (excludes halogenated alkanes) is 15. The molecule has 0 aliphatic heterocycles. The van der Waals surface area contributed by atoms with Crippen LogP contribution in [-0.2, 0) is 14.3 Å². The smallest absolute Gasteiger partial charge is 0.306 e. The molecular formula is C25H49NO3. The van der Waals surface area contributed by atoms with Gasteiger partial charge in [0, 0.05) is 6.42 Å². The van der Waals surface area contributed by atoms with Crippen molar-refractivity contribution in [3.63, 3.8) is 0 Å². The number of amides is 1. The Kier molecular flexibility index (Phi) is 20.9. The predicted molar refractivity (Wildman–Crippen MR) is 123 cm³/mol. The number of primary amides is 1. The fraction of sp³-hybridized carbons (Fsp3) is 0.920. The molecule has 0 aliphatic rings. The summed E-state index contributed by atoms with van der Waals surface area (Å²) in [5.74, 6) is -0.552. The Morgan fingerprint density at radius 2 is 1.07 bits per heavy atom. The molecule has 0 aromatic carbocycles. The number of esters is 1. The summed E-state index contributed by atoms with van der Waals surface area (Å²) >= 11 is 0. The molecule has 0 saturated heterocycles. The van der Waals surface area contributed by atoms with Crippen molar-refractivity contribution in [2.24, 2.45) is 5.73 Å². The van der Waals surface area contributed by atoms with Gasteiger partial charge < -0.3 is 10.5 Å². The Morgan fingerprint density at radius 3 is 1.52 bits per heavy atom. The first-order valence-electron chi connectivity index (χ1n) is 12.6. The second-order valence-corrected chi connectivity index (χ2v) is 8.62. The van der Waals surface area contributed by atoms with E-state index in [9.17, 15) is 9.59 Å². The van der Waals surface area contributed by atoms with Crippen molar-refractivity contribution in [3.05, 3.63) is 0 Å². The summed E-state index contributed by atoms with van der Waals surface area (Å²) in [6.45, 7) is 4.47. The number of nitrogens with two attached hydrogens (primary N) is 1. The monoisotopic (exact) mass is 411 g/mol. The average molecular weight is 412 g/mol. The molecule has 0 spiro atoms. The van der Waals surface area contributed by atoms with Gasteiger partial charge in [-0.25, -0.2) is 0 Å². The van der Waals surface area contributed by atoms with E-state index in [0.717, 1.165) is 32.1 Å². The van der Waals surface area contributed by atoms with Gasteiger partial charge in [0.2, 0.25) is 5.91 Å². The maximum Gasteiger partial charge on any atom is 0.306 e. The molecule has 0 bridgehead atoms. The van der Waals surface area contributed by atoms with E-state index in [1.54, 1.807) is 0 Å². The van der Waals surface area contributed by atoms with Gasteiger partial charge in [-0.15, -0.1) is 0 Å². The number of carbonyl (C=O) groups is 2. The predicted octanol–water partition coefficient (Wildman–Crippen LogP) is 7.23. The van der Waals surface area contributed by atoms with Crippen molar-refractivity contribution < 1.29 is 14.3 Å². The van der Waals surface area contributed by atoms with Gasteiger partial charge in [0.1, 0.15) is 6.10 Å². The standard InChI is InChI=1S/C25H49NO3/c1-3-5-7-9-11-13-14-16-18-20-23(22-24(26)27)29-25(28)21-19-17-15-12-10-8-6-4-2/h23H,3-22H2,1-2H3,(H2,26,27)/t23-/m1/s1. The molecule has 29 heavy (non-hydrogen) atoms. The van der Waals surface area contributed by atoms with Crippen molar-refractivity contribution in [2.75, 3.05) is 0 Å². The maximum atomic E-state index is 12.1. The van der Waals surface area contributed by atoms with Crippen molar-refractivity contribution in [1.29, 1.82) is 0 Å². The molecule has 4 heteroatoms. The van der Waals surface area contributed by atoms with Gasteiger partial charge in [-0.2, -0.15) is 0 Å². The number of rotatable bonds is 22. The third-order valence-corrected chi connectivity index (χ3v) is 5.59. The zero-order valence-electron chi connectivity index (χ0n) is 19.5. The van der Waals surface area contributed by atoms with Gasteiger partial charge in [0.05, 0.1) is 6.42 Å². The topological polar surface area (TPSA) is 69.4 Å². The van der Waals surface area contributed by atoms with Crippen LogP contribution in [0.4, 0.5) is 0 Å². The lowest BCUT2D eigenvalue weighted by Gasteiger charge is -2.16. The van der Waals surface area contributed by atoms with Crippen molar-refractivity contribution in [1.82, 2.24) is 0 Å². The molecule has 0 aliphatic carbocycles. The second kappa shape index (κ2) is 21.6. The minimum absolute atomic E-state index is 0.153. The molecule has 0 radical (unpaired) electrons. The molecule has 0 aromatic heterocycles. The van der Waals surface area contributed by atoms with Crippen LogP contribution in [0, 0.1) is 0 Å². The van der Waals surface area contributed by atoms with E-state index in [2.05, 4.69) is 13.8 Å². The van der Waals surface area contributed by atoms with E-state index in [1.165, 1.54) is 83.5 Å². The number of ether oxygens (including phenoxy) is 1. The van der Waals surface area contributed by atoms with Gasteiger partial charge in [-0.3, -0.25) is 9.59 Å². The molecular weight excluding hydrogens is 362 g/mol. The molecule has 0 fully saturated rings. The SMILES string of the molecule is CCCCCCCCCCC[C@H](CC(N)=O)OC(=O)CCCCCCCCCC. The normalized spacial score (nSPS) is 12.1. The molecule has 1 amide bonds. The molecule has 0 unspecified atom stereocenters. The summed E-state index contributed by atoms with van der Waals surface area (Å²) in [4.78, 5) is 23.4. The fourth-order valence-corrected chi connectivity index (χ4v) is 3.76. The van der Waals surface area contributed by atoms with Crippen LogP contribution in [0.1, 0.15) is 142 Å². The minimum Gasteiger partial charge on any atom is -0.462 e. The molecule has 0 saturated carbocycles. The molecule has 172 valence electrons. The zero-order chi connectivity index (χ0) is 21.6. The first-order chi connectivity index (χ1) is 14.1. The van der Waals surface area contributed by atoms with Crippen LogP contribution in [-0.4, -0.2) is 18.0 Å². The summed E-state index contributed by atoms with van der Waals surface area (Å²) in [5.41, 5.74) is 5.34.